The summed E-state index contributed by atoms with van der Waals surface area (Å²) >= 11 is 11.7. The van der Waals surface area contributed by atoms with Crippen molar-refractivity contribution in [1.29, 1.82) is 0 Å². The average molecular weight is 355 g/mol. The number of nitro groups is 1. The zero-order valence-electron chi connectivity index (χ0n) is 12.0. The zero-order chi connectivity index (χ0) is 17.0. The Morgan fingerprint density at radius 1 is 1.22 bits per heavy atom. The number of ether oxygens (including phenoxy) is 1. The van der Waals surface area contributed by atoms with Crippen LogP contribution in [-0.4, -0.2) is 16.9 Å². The van der Waals surface area contributed by atoms with E-state index in [1.807, 2.05) is 0 Å². The van der Waals surface area contributed by atoms with Gasteiger partial charge in [0, 0.05) is 12.1 Å². The number of nitro benzene ring substituents is 1. The Morgan fingerprint density at radius 3 is 2.57 bits per heavy atom. The van der Waals surface area contributed by atoms with Crippen LogP contribution < -0.4 is 10.1 Å². The van der Waals surface area contributed by atoms with Gasteiger partial charge in [-0.15, -0.1) is 0 Å². The van der Waals surface area contributed by atoms with E-state index in [-0.39, 0.29) is 11.4 Å². The molecule has 0 heterocycles. The summed E-state index contributed by atoms with van der Waals surface area (Å²) in [5.74, 6) is -0.157. The number of para-hydroxylation sites is 2. The molecular weight excluding hydrogens is 343 g/mol. The van der Waals surface area contributed by atoms with Crippen molar-refractivity contribution in [2.45, 2.75) is 13.0 Å². The first kappa shape index (κ1) is 17.1. The maximum atomic E-state index is 12.1. The van der Waals surface area contributed by atoms with Crippen LogP contribution in [0.15, 0.2) is 42.5 Å². The molecule has 2 aromatic carbocycles. The van der Waals surface area contributed by atoms with Crippen molar-refractivity contribution >= 4 is 40.5 Å². The van der Waals surface area contributed by atoms with E-state index in [4.69, 9.17) is 27.9 Å². The summed E-state index contributed by atoms with van der Waals surface area (Å²) in [6.07, 6.45) is -0.882. The number of nitrogens with zero attached hydrogens (tertiary/aromatic N) is 1. The van der Waals surface area contributed by atoms with Gasteiger partial charge in [-0.05, 0) is 25.1 Å². The first-order chi connectivity index (χ1) is 10.9. The quantitative estimate of drug-likeness (QED) is 0.640. The molecule has 0 aromatic heterocycles. The number of hydrogen-bond donors (Lipinski definition) is 1. The fraction of sp³-hybridized carbons (Fsp3) is 0.133. The van der Waals surface area contributed by atoms with E-state index in [1.165, 1.54) is 31.2 Å². The van der Waals surface area contributed by atoms with Gasteiger partial charge in [0.15, 0.2) is 6.10 Å². The highest BCUT2D eigenvalue weighted by molar-refractivity contribution is 6.42. The predicted octanol–water partition coefficient (Wildman–Crippen LogP) is 4.31. The summed E-state index contributed by atoms with van der Waals surface area (Å²) in [5.41, 5.74) is -0.0883. The highest BCUT2D eigenvalue weighted by Gasteiger charge is 2.20. The molecule has 2 rings (SSSR count). The molecule has 0 aliphatic rings. The molecule has 0 fully saturated rings. The van der Waals surface area contributed by atoms with Crippen LogP contribution in [0.25, 0.3) is 0 Å². The van der Waals surface area contributed by atoms with Crippen LogP contribution in [0.2, 0.25) is 10.0 Å². The van der Waals surface area contributed by atoms with Gasteiger partial charge in [-0.3, -0.25) is 14.9 Å². The topological polar surface area (TPSA) is 81.5 Å². The molecule has 8 heteroatoms. The Kier molecular flexibility index (Phi) is 5.41. The number of halogens is 2. The molecule has 0 bridgehead atoms. The van der Waals surface area contributed by atoms with Gasteiger partial charge >= 0.3 is 0 Å². The molecule has 0 saturated heterocycles. The maximum absolute atomic E-state index is 12.1. The summed E-state index contributed by atoms with van der Waals surface area (Å²) in [6, 6.07) is 10.5. The van der Waals surface area contributed by atoms with Crippen molar-refractivity contribution in [2.75, 3.05) is 5.32 Å². The fourth-order valence-corrected chi connectivity index (χ4v) is 2.07. The molecule has 2 aromatic rings. The van der Waals surface area contributed by atoms with E-state index in [9.17, 15) is 14.9 Å². The smallest absolute Gasteiger partial charge is 0.292 e. The van der Waals surface area contributed by atoms with Crippen LogP contribution in [0.4, 0.5) is 11.4 Å². The second-order valence-corrected chi connectivity index (χ2v) is 5.41. The molecule has 1 atom stereocenters. The Labute approximate surface area is 142 Å². The monoisotopic (exact) mass is 354 g/mol. The van der Waals surface area contributed by atoms with Crippen LogP contribution in [0.1, 0.15) is 6.92 Å². The van der Waals surface area contributed by atoms with Gasteiger partial charge in [0.05, 0.1) is 15.0 Å². The fourth-order valence-electron chi connectivity index (χ4n) is 1.78. The SMILES string of the molecule is C[C@@H](Oc1ccc(Cl)c(Cl)c1)C(=O)Nc1ccccc1[N+](=O)[O-]. The Balaban J connectivity index is 2.08. The number of nitrogens with one attached hydrogen (secondary N) is 1. The number of benzene rings is 2. The lowest BCUT2D eigenvalue weighted by molar-refractivity contribution is -0.383. The number of amides is 1. The van der Waals surface area contributed by atoms with E-state index in [0.717, 1.165) is 0 Å². The van der Waals surface area contributed by atoms with Gasteiger partial charge in [0.25, 0.3) is 11.6 Å². The maximum Gasteiger partial charge on any atom is 0.292 e. The molecule has 120 valence electrons. The first-order valence-corrected chi connectivity index (χ1v) is 7.30. The lowest BCUT2D eigenvalue weighted by Crippen LogP contribution is -2.30. The zero-order valence-corrected chi connectivity index (χ0v) is 13.5. The van der Waals surface area contributed by atoms with E-state index >= 15 is 0 Å². The van der Waals surface area contributed by atoms with Gasteiger partial charge < -0.3 is 10.1 Å². The molecule has 0 radical (unpaired) electrons. The molecule has 0 unspecified atom stereocenters. The summed E-state index contributed by atoms with van der Waals surface area (Å²) in [4.78, 5) is 22.5. The predicted molar refractivity (Wildman–Crippen MR) is 88.3 cm³/mol. The molecule has 23 heavy (non-hydrogen) atoms. The van der Waals surface area contributed by atoms with E-state index in [0.29, 0.717) is 15.8 Å². The minimum atomic E-state index is -0.882. The van der Waals surface area contributed by atoms with Gasteiger partial charge in [0.2, 0.25) is 0 Å². The summed E-state index contributed by atoms with van der Waals surface area (Å²) in [6.45, 7) is 1.52. The molecule has 1 N–H and O–H groups in total. The normalized spacial score (nSPS) is 11.6. The van der Waals surface area contributed by atoms with Gasteiger partial charge in [-0.25, -0.2) is 0 Å². The van der Waals surface area contributed by atoms with Crippen molar-refractivity contribution < 1.29 is 14.5 Å². The summed E-state index contributed by atoms with van der Waals surface area (Å²) in [5, 5.41) is 14.1. The van der Waals surface area contributed by atoms with Crippen molar-refractivity contribution in [3.8, 4) is 5.75 Å². The largest absolute Gasteiger partial charge is 0.481 e. The number of carbonyl (C=O) groups is 1. The standard InChI is InChI=1S/C15H12Cl2N2O4/c1-9(23-10-6-7-11(16)12(17)8-10)15(20)18-13-4-2-3-5-14(13)19(21)22/h2-9H,1H3,(H,18,20)/t9-/m1/s1. The van der Waals surface area contributed by atoms with E-state index in [2.05, 4.69) is 5.32 Å². The van der Waals surface area contributed by atoms with E-state index in [1.54, 1.807) is 18.2 Å². The van der Waals surface area contributed by atoms with Crippen LogP contribution in [0.3, 0.4) is 0 Å². The molecule has 1 amide bonds. The van der Waals surface area contributed by atoms with E-state index < -0.39 is 16.9 Å². The Morgan fingerprint density at radius 2 is 1.91 bits per heavy atom. The van der Waals surface area contributed by atoms with Crippen LogP contribution in [0, 0.1) is 10.1 Å². The highest BCUT2D eigenvalue weighted by Crippen LogP contribution is 2.27. The van der Waals surface area contributed by atoms with Crippen molar-refractivity contribution in [2.24, 2.45) is 0 Å². The third-order valence-corrected chi connectivity index (χ3v) is 3.67. The summed E-state index contributed by atoms with van der Waals surface area (Å²) in [7, 11) is 0. The highest BCUT2D eigenvalue weighted by atomic mass is 35.5. The number of rotatable bonds is 5. The number of hydrogen-bond acceptors (Lipinski definition) is 4. The van der Waals surface area contributed by atoms with Gasteiger partial charge in [0.1, 0.15) is 11.4 Å². The number of carbonyl (C=O) groups excluding carboxylic acids is 1. The molecule has 0 saturated carbocycles. The molecule has 0 aliphatic carbocycles. The second-order valence-electron chi connectivity index (χ2n) is 4.60. The van der Waals surface area contributed by atoms with Crippen molar-refractivity contribution in [1.82, 2.24) is 0 Å². The molecule has 0 spiro atoms. The molecule has 0 aliphatic heterocycles. The van der Waals surface area contributed by atoms with Gasteiger partial charge in [-0.1, -0.05) is 35.3 Å². The molecule has 6 nitrogen and oxygen atoms in total. The van der Waals surface area contributed by atoms with Crippen molar-refractivity contribution in [3.05, 3.63) is 62.6 Å². The second kappa shape index (κ2) is 7.30. The molecular formula is C15H12Cl2N2O4. The Bertz CT molecular complexity index is 752. The Hall–Kier alpha value is -2.31. The van der Waals surface area contributed by atoms with Crippen LogP contribution in [0.5, 0.6) is 5.75 Å². The lowest BCUT2D eigenvalue weighted by atomic mass is 10.2. The summed E-state index contributed by atoms with van der Waals surface area (Å²) < 4.78 is 5.46. The third-order valence-electron chi connectivity index (χ3n) is 2.93. The first-order valence-electron chi connectivity index (χ1n) is 6.54. The van der Waals surface area contributed by atoms with Gasteiger partial charge in [-0.2, -0.15) is 0 Å². The average Bonchev–Trinajstić information content (AvgIpc) is 2.51. The minimum Gasteiger partial charge on any atom is -0.481 e. The van der Waals surface area contributed by atoms with Crippen LogP contribution >= 0.6 is 23.2 Å². The lowest BCUT2D eigenvalue weighted by Gasteiger charge is -2.15. The van der Waals surface area contributed by atoms with Crippen molar-refractivity contribution in [3.63, 3.8) is 0 Å². The van der Waals surface area contributed by atoms with Crippen LogP contribution in [-0.2, 0) is 4.79 Å². The minimum absolute atomic E-state index is 0.104. The number of anilines is 1. The third kappa shape index (κ3) is 4.34.